The summed E-state index contributed by atoms with van der Waals surface area (Å²) >= 11 is 0. The molecule has 1 unspecified atom stereocenters. The summed E-state index contributed by atoms with van der Waals surface area (Å²) in [6.45, 7) is 5.33. The number of carbonyl (C=O) groups excluding carboxylic acids is 1. The highest BCUT2D eigenvalue weighted by molar-refractivity contribution is 5.95. The van der Waals surface area contributed by atoms with Crippen LogP contribution in [-0.2, 0) is 9.53 Å². The van der Waals surface area contributed by atoms with Crippen LogP contribution in [0.1, 0.15) is 56.8 Å². The van der Waals surface area contributed by atoms with Crippen molar-refractivity contribution in [1.82, 2.24) is 5.32 Å². The first-order valence-electron chi connectivity index (χ1n) is 10.2. The number of carbonyl (C=O) groups is 1. The van der Waals surface area contributed by atoms with Crippen LogP contribution in [0.15, 0.2) is 56.0 Å². The number of allylic oxidation sites excluding steroid dienone is 3. The minimum Gasteiger partial charge on any atom is -0.461 e. The molecule has 6 nitrogen and oxygen atoms in total. The number of para-hydroxylation sites is 1. The predicted molar refractivity (Wildman–Crippen MR) is 112 cm³/mol. The number of fused-ring (bicyclic) bond motifs is 1. The molecule has 2 heterocycles. The SMILES string of the molecule is CC1=C(C#N)C(c2cccc3c(=O)cc(C)oc23)C(C(=O)OC2CCCC2)=C(C)N1. The number of nitrogens with zero attached hydrogens (tertiary/aromatic N) is 1. The van der Waals surface area contributed by atoms with Gasteiger partial charge >= 0.3 is 5.97 Å². The third-order valence-corrected chi connectivity index (χ3v) is 5.90. The van der Waals surface area contributed by atoms with Gasteiger partial charge in [-0.3, -0.25) is 4.79 Å². The van der Waals surface area contributed by atoms with E-state index in [1.165, 1.54) is 6.07 Å². The fraction of sp³-hybridized carbons (Fsp3) is 0.375. The highest BCUT2D eigenvalue weighted by Gasteiger charge is 2.37. The van der Waals surface area contributed by atoms with Gasteiger partial charge in [0.05, 0.1) is 28.5 Å². The lowest BCUT2D eigenvalue weighted by atomic mass is 9.80. The van der Waals surface area contributed by atoms with Gasteiger partial charge < -0.3 is 14.5 Å². The van der Waals surface area contributed by atoms with Gasteiger partial charge in [-0.1, -0.05) is 12.1 Å². The molecule has 2 aromatic rings. The molecule has 1 aromatic heterocycles. The molecular formula is C24H24N2O4. The van der Waals surface area contributed by atoms with Crippen molar-refractivity contribution in [2.75, 3.05) is 0 Å². The van der Waals surface area contributed by atoms with E-state index in [0.29, 0.717) is 44.8 Å². The van der Waals surface area contributed by atoms with E-state index in [-0.39, 0.29) is 11.5 Å². The molecule has 0 saturated heterocycles. The van der Waals surface area contributed by atoms with Crippen LogP contribution in [0.4, 0.5) is 0 Å². The summed E-state index contributed by atoms with van der Waals surface area (Å²) < 4.78 is 11.7. The Bertz CT molecular complexity index is 1190. The van der Waals surface area contributed by atoms with Crippen molar-refractivity contribution in [3.8, 4) is 6.07 Å². The van der Waals surface area contributed by atoms with Crippen molar-refractivity contribution in [2.45, 2.75) is 58.5 Å². The Morgan fingerprint density at radius 3 is 2.63 bits per heavy atom. The van der Waals surface area contributed by atoms with Crippen molar-refractivity contribution in [3.63, 3.8) is 0 Å². The second-order valence-corrected chi connectivity index (χ2v) is 8.00. The molecule has 1 aliphatic heterocycles. The zero-order valence-electron chi connectivity index (χ0n) is 17.4. The fourth-order valence-electron chi connectivity index (χ4n) is 4.49. The Balaban J connectivity index is 1.90. The number of ether oxygens (including phenoxy) is 1. The first-order chi connectivity index (χ1) is 14.4. The van der Waals surface area contributed by atoms with E-state index in [2.05, 4.69) is 11.4 Å². The topological polar surface area (TPSA) is 92.3 Å². The largest absolute Gasteiger partial charge is 0.461 e. The highest BCUT2D eigenvalue weighted by Crippen LogP contribution is 2.41. The van der Waals surface area contributed by atoms with Crippen LogP contribution in [0.3, 0.4) is 0 Å². The lowest BCUT2D eigenvalue weighted by Crippen LogP contribution is -2.30. The van der Waals surface area contributed by atoms with Crippen LogP contribution in [0.25, 0.3) is 11.0 Å². The number of nitriles is 1. The Morgan fingerprint density at radius 2 is 1.93 bits per heavy atom. The third kappa shape index (κ3) is 3.41. The Labute approximate surface area is 174 Å². The molecule has 4 rings (SSSR count). The van der Waals surface area contributed by atoms with Crippen molar-refractivity contribution >= 4 is 16.9 Å². The average Bonchev–Trinajstić information content (AvgIpc) is 3.20. The molecule has 1 aliphatic carbocycles. The molecular weight excluding hydrogens is 380 g/mol. The number of dihydropyridines is 1. The van der Waals surface area contributed by atoms with E-state index >= 15 is 0 Å². The van der Waals surface area contributed by atoms with Crippen LogP contribution in [0.2, 0.25) is 0 Å². The molecule has 0 bridgehead atoms. The summed E-state index contributed by atoms with van der Waals surface area (Å²) in [6, 6.07) is 8.95. The van der Waals surface area contributed by atoms with Crippen LogP contribution in [0.5, 0.6) is 0 Å². The van der Waals surface area contributed by atoms with Gasteiger partial charge in [0.1, 0.15) is 17.4 Å². The van der Waals surface area contributed by atoms with E-state index in [1.54, 1.807) is 32.0 Å². The first-order valence-corrected chi connectivity index (χ1v) is 10.2. The van der Waals surface area contributed by atoms with Crippen LogP contribution < -0.4 is 10.7 Å². The van der Waals surface area contributed by atoms with Crippen molar-refractivity contribution in [1.29, 1.82) is 5.26 Å². The summed E-state index contributed by atoms with van der Waals surface area (Å²) in [4.78, 5) is 25.7. The average molecular weight is 404 g/mol. The monoisotopic (exact) mass is 404 g/mol. The molecule has 1 atom stereocenters. The maximum absolute atomic E-state index is 13.2. The number of rotatable bonds is 3. The second-order valence-electron chi connectivity index (χ2n) is 8.00. The van der Waals surface area contributed by atoms with Gasteiger partial charge in [0, 0.05) is 23.0 Å². The normalized spacial score (nSPS) is 19.7. The smallest absolute Gasteiger partial charge is 0.337 e. The summed E-state index contributed by atoms with van der Waals surface area (Å²) in [6.07, 6.45) is 3.72. The van der Waals surface area contributed by atoms with Gasteiger partial charge in [-0.15, -0.1) is 0 Å². The molecule has 0 amide bonds. The Hall–Kier alpha value is -3.33. The number of benzene rings is 1. The predicted octanol–water partition coefficient (Wildman–Crippen LogP) is 4.35. The lowest BCUT2D eigenvalue weighted by molar-refractivity contribution is -0.144. The Kier molecular flexibility index (Phi) is 5.21. The van der Waals surface area contributed by atoms with Gasteiger partial charge in [-0.25, -0.2) is 4.79 Å². The first kappa shape index (κ1) is 20.0. The molecule has 0 radical (unpaired) electrons. The van der Waals surface area contributed by atoms with E-state index < -0.39 is 11.9 Å². The van der Waals surface area contributed by atoms with E-state index in [0.717, 1.165) is 25.7 Å². The minimum atomic E-state index is -0.668. The van der Waals surface area contributed by atoms with Gasteiger partial charge in [0.25, 0.3) is 0 Å². The molecule has 0 spiro atoms. The lowest BCUT2D eigenvalue weighted by Gasteiger charge is -2.29. The maximum Gasteiger partial charge on any atom is 0.337 e. The molecule has 1 aromatic carbocycles. The molecule has 1 fully saturated rings. The number of aryl methyl sites for hydroxylation is 1. The van der Waals surface area contributed by atoms with Gasteiger partial charge in [0.15, 0.2) is 5.43 Å². The standard InChI is InChI=1S/C24H24N2O4/c1-13-11-20(27)17-9-6-10-18(23(17)29-13)22-19(12-25)14(2)26-15(3)21(22)24(28)30-16-7-4-5-8-16/h6,9-11,16,22,26H,4-5,7-8H2,1-3H3. The molecule has 1 N–H and O–H groups in total. The minimum absolute atomic E-state index is 0.0938. The van der Waals surface area contributed by atoms with E-state index in [4.69, 9.17) is 9.15 Å². The second kappa shape index (κ2) is 7.83. The quantitative estimate of drug-likeness (QED) is 0.765. The number of hydrogen-bond acceptors (Lipinski definition) is 6. The molecule has 154 valence electrons. The molecule has 1 saturated carbocycles. The molecule has 6 heteroatoms. The highest BCUT2D eigenvalue weighted by atomic mass is 16.5. The van der Waals surface area contributed by atoms with Crippen LogP contribution in [-0.4, -0.2) is 12.1 Å². The number of esters is 1. The summed E-state index contributed by atoms with van der Waals surface area (Å²) in [7, 11) is 0. The fourth-order valence-corrected chi connectivity index (χ4v) is 4.49. The number of hydrogen-bond donors (Lipinski definition) is 1. The zero-order chi connectivity index (χ0) is 21.4. The summed E-state index contributed by atoms with van der Waals surface area (Å²) in [5, 5.41) is 13.5. The van der Waals surface area contributed by atoms with Crippen LogP contribution >= 0.6 is 0 Å². The molecule has 2 aliphatic rings. The van der Waals surface area contributed by atoms with Gasteiger partial charge in [-0.05, 0) is 52.5 Å². The summed E-state index contributed by atoms with van der Waals surface area (Å²) in [5.74, 6) is -0.619. The third-order valence-electron chi connectivity index (χ3n) is 5.90. The maximum atomic E-state index is 13.2. The molecule has 30 heavy (non-hydrogen) atoms. The van der Waals surface area contributed by atoms with E-state index in [9.17, 15) is 14.9 Å². The number of nitrogens with one attached hydrogen (secondary N) is 1. The van der Waals surface area contributed by atoms with Gasteiger partial charge in [-0.2, -0.15) is 5.26 Å². The zero-order valence-corrected chi connectivity index (χ0v) is 17.4. The van der Waals surface area contributed by atoms with Gasteiger partial charge in [0.2, 0.25) is 0 Å². The van der Waals surface area contributed by atoms with Crippen molar-refractivity contribution in [3.05, 3.63) is 68.4 Å². The summed E-state index contributed by atoms with van der Waals surface area (Å²) in [5.41, 5.74) is 2.98. The Morgan fingerprint density at radius 1 is 1.20 bits per heavy atom. The van der Waals surface area contributed by atoms with E-state index in [1.807, 2.05) is 6.92 Å². The van der Waals surface area contributed by atoms with Crippen molar-refractivity contribution < 1.29 is 13.9 Å². The van der Waals surface area contributed by atoms with Crippen molar-refractivity contribution in [2.24, 2.45) is 0 Å². The van der Waals surface area contributed by atoms with Crippen LogP contribution in [0, 0.1) is 18.3 Å².